The summed E-state index contributed by atoms with van der Waals surface area (Å²) < 4.78 is 0. The molecule has 0 amide bonds. The number of hydrogen-bond acceptors (Lipinski definition) is 2. The second-order valence-corrected chi connectivity index (χ2v) is 9.47. The molecule has 0 aliphatic rings. The lowest BCUT2D eigenvalue weighted by atomic mass is 9.84. The van der Waals surface area contributed by atoms with Crippen LogP contribution >= 0.6 is 12.6 Å². The van der Waals surface area contributed by atoms with Gasteiger partial charge < -0.3 is 0 Å². The molecule has 0 radical (unpaired) electrons. The van der Waals surface area contributed by atoms with E-state index in [4.69, 9.17) is 12.6 Å². The highest BCUT2D eigenvalue weighted by Gasteiger charge is 2.19. The van der Waals surface area contributed by atoms with Gasteiger partial charge >= 0.3 is 0 Å². The van der Waals surface area contributed by atoms with Gasteiger partial charge in [-0.05, 0) is 95.7 Å². The van der Waals surface area contributed by atoms with Gasteiger partial charge in [0, 0.05) is 17.3 Å². The number of rotatable bonds is 2. The van der Waals surface area contributed by atoms with Crippen molar-refractivity contribution in [1.82, 2.24) is 4.98 Å². The second kappa shape index (κ2) is 7.97. The molecule has 0 unspecified atom stereocenters. The molecule has 0 bridgehead atoms. The highest BCUT2D eigenvalue weighted by molar-refractivity contribution is 7.80. The first kappa shape index (κ1) is 20.3. The van der Waals surface area contributed by atoms with Crippen LogP contribution in [-0.4, -0.2) is 4.98 Å². The summed E-state index contributed by atoms with van der Waals surface area (Å²) in [5.41, 5.74) is 4.91. The molecule has 2 heteroatoms. The fourth-order valence-electron chi connectivity index (χ4n) is 5.55. The minimum atomic E-state index is 0.958. The topological polar surface area (TPSA) is 12.9 Å². The fraction of sp³-hybridized carbons (Fsp3) is 0. The van der Waals surface area contributed by atoms with Crippen LogP contribution < -0.4 is 0 Å². The molecule has 0 aliphatic carbocycles. The first-order valence-electron chi connectivity index (χ1n) is 11.8. The van der Waals surface area contributed by atoms with Gasteiger partial charge in [0.15, 0.2) is 0 Å². The molecule has 1 nitrogen and oxygen atoms in total. The quantitative estimate of drug-likeness (QED) is 0.153. The van der Waals surface area contributed by atoms with E-state index in [0.29, 0.717) is 0 Å². The van der Waals surface area contributed by atoms with Crippen molar-refractivity contribution >= 4 is 55.7 Å². The van der Waals surface area contributed by atoms with Crippen molar-refractivity contribution < 1.29 is 0 Å². The van der Waals surface area contributed by atoms with E-state index in [2.05, 4.69) is 114 Å². The molecule has 1 heterocycles. The average molecular weight is 464 g/mol. The minimum absolute atomic E-state index is 0.958. The maximum Gasteiger partial charge on any atom is 0.0273 e. The van der Waals surface area contributed by atoms with Crippen LogP contribution in [0.4, 0.5) is 0 Å². The first-order chi connectivity index (χ1) is 17.3. The normalized spacial score (nSPS) is 11.6. The van der Waals surface area contributed by atoms with Gasteiger partial charge in [0.2, 0.25) is 0 Å². The summed E-state index contributed by atoms with van der Waals surface area (Å²) in [7, 11) is 0. The predicted molar refractivity (Wildman–Crippen MR) is 152 cm³/mol. The number of benzene rings is 6. The predicted octanol–water partition coefficient (Wildman–Crippen LogP) is 9.32. The summed E-state index contributed by atoms with van der Waals surface area (Å²) in [6.45, 7) is 0. The number of thiol groups is 1. The van der Waals surface area contributed by atoms with Crippen molar-refractivity contribution in [2.24, 2.45) is 0 Å². The third-order valence-electron chi connectivity index (χ3n) is 7.01. The molecular formula is C33H21NS. The fourth-order valence-corrected chi connectivity index (χ4v) is 5.75. The Kier molecular flexibility index (Phi) is 4.61. The lowest BCUT2D eigenvalue weighted by Crippen LogP contribution is -1.92. The van der Waals surface area contributed by atoms with E-state index in [1.807, 2.05) is 12.4 Å². The standard InChI is InChI=1S/C33H21NS/c35-23-13-14-29-31(20-23)33(28-12-6-5-11-27(28)32(29)21-15-17-34-18-16-21)30-19-22-7-1-2-8-24(22)25-9-3-4-10-26(25)30/h1-20,35H. The zero-order valence-electron chi connectivity index (χ0n) is 18.9. The Morgan fingerprint density at radius 1 is 0.457 bits per heavy atom. The zero-order chi connectivity index (χ0) is 23.4. The van der Waals surface area contributed by atoms with Gasteiger partial charge in [0.1, 0.15) is 0 Å². The lowest BCUT2D eigenvalue weighted by molar-refractivity contribution is 1.33. The molecule has 1 aromatic heterocycles. The molecule has 0 aliphatic heterocycles. The van der Waals surface area contributed by atoms with Crippen molar-refractivity contribution in [2.75, 3.05) is 0 Å². The van der Waals surface area contributed by atoms with Crippen molar-refractivity contribution in [1.29, 1.82) is 0 Å². The number of nitrogens with zero attached hydrogens (tertiary/aromatic N) is 1. The number of fused-ring (bicyclic) bond motifs is 5. The SMILES string of the molecule is Sc1ccc2c(-c3ccncc3)c3ccccc3c(-c3cc4ccccc4c4ccccc34)c2c1. The van der Waals surface area contributed by atoms with Crippen molar-refractivity contribution in [3.8, 4) is 22.3 Å². The maximum absolute atomic E-state index is 4.76. The summed E-state index contributed by atoms with van der Waals surface area (Å²) in [6, 6.07) is 39.3. The van der Waals surface area contributed by atoms with Crippen LogP contribution in [0, 0.1) is 0 Å². The summed E-state index contributed by atoms with van der Waals surface area (Å²) in [5, 5.41) is 9.99. The summed E-state index contributed by atoms with van der Waals surface area (Å²) in [5.74, 6) is 0. The van der Waals surface area contributed by atoms with E-state index in [-0.39, 0.29) is 0 Å². The van der Waals surface area contributed by atoms with E-state index < -0.39 is 0 Å². The van der Waals surface area contributed by atoms with Crippen LogP contribution in [-0.2, 0) is 0 Å². The van der Waals surface area contributed by atoms with Gasteiger partial charge in [0.25, 0.3) is 0 Å². The lowest BCUT2D eigenvalue weighted by Gasteiger charge is -2.20. The average Bonchev–Trinajstić information content (AvgIpc) is 2.92. The highest BCUT2D eigenvalue weighted by Crippen LogP contribution is 2.46. The number of pyridine rings is 1. The summed E-state index contributed by atoms with van der Waals surface area (Å²) >= 11 is 4.76. The van der Waals surface area contributed by atoms with E-state index >= 15 is 0 Å². The zero-order valence-corrected chi connectivity index (χ0v) is 19.8. The Bertz CT molecular complexity index is 1900. The molecule has 35 heavy (non-hydrogen) atoms. The third kappa shape index (κ3) is 3.14. The number of hydrogen-bond donors (Lipinski definition) is 1. The highest BCUT2D eigenvalue weighted by atomic mass is 32.1. The Morgan fingerprint density at radius 2 is 1.06 bits per heavy atom. The Balaban J connectivity index is 1.74. The third-order valence-corrected chi connectivity index (χ3v) is 7.29. The van der Waals surface area contributed by atoms with Gasteiger partial charge in [-0.1, -0.05) is 78.9 Å². The van der Waals surface area contributed by atoms with E-state index in [1.54, 1.807) is 0 Å². The van der Waals surface area contributed by atoms with Crippen LogP contribution in [0.3, 0.4) is 0 Å². The van der Waals surface area contributed by atoms with Crippen LogP contribution in [0.5, 0.6) is 0 Å². The first-order valence-corrected chi connectivity index (χ1v) is 12.2. The molecule has 0 N–H and O–H groups in total. The summed E-state index contributed by atoms with van der Waals surface area (Å²) in [4.78, 5) is 5.22. The molecule has 164 valence electrons. The van der Waals surface area contributed by atoms with Gasteiger partial charge in [-0.15, -0.1) is 12.6 Å². The van der Waals surface area contributed by atoms with Crippen LogP contribution in [0.1, 0.15) is 0 Å². The van der Waals surface area contributed by atoms with Crippen LogP contribution in [0.25, 0.3) is 65.3 Å². The van der Waals surface area contributed by atoms with Crippen LogP contribution in [0.15, 0.2) is 126 Å². The molecule has 0 saturated carbocycles. The van der Waals surface area contributed by atoms with Crippen molar-refractivity contribution in [2.45, 2.75) is 4.90 Å². The van der Waals surface area contributed by atoms with E-state index in [0.717, 1.165) is 4.90 Å². The molecule has 0 saturated heterocycles. The molecule has 7 rings (SSSR count). The molecule has 0 fully saturated rings. The van der Waals surface area contributed by atoms with Gasteiger partial charge in [-0.25, -0.2) is 0 Å². The second-order valence-electron chi connectivity index (χ2n) is 8.95. The van der Waals surface area contributed by atoms with Gasteiger partial charge in [-0.2, -0.15) is 0 Å². The number of aromatic nitrogens is 1. The van der Waals surface area contributed by atoms with Crippen LogP contribution in [0.2, 0.25) is 0 Å². The largest absolute Gasteiger partial charge is 0.265 e. The molecular weight excluding hydrogens is 442 g/mol. The molecule has 0 atom stereocenters. The Labute approximate surface area is 209 Å². The summed E-state index contributed by atoms with van der Waals surface area (Å²) in [6.07, 6.45) is 3.74. The Morgan fingerprint density at radius 3 is 1.83 bits per heavy atom. The molecule has 6 aromatic carbocycles. The van der Waals surface area contributed by atoms with Gasteiger partial charge in [-0.3, -0.25) is 4.98 Å². The van der Waals surface area contributed by atoms with Gasteiger partial charge in [0.05, 0.1) is 0 Å². The maximum atomic E-state index is 4.76. The molecule has 0 spiro atoms. The van der Waals surface area contributed by atoms with E-state index in [9.17, 15) is 0 Å². The molecule has 7 aromatic rings. The minimum Gasteiger partial charge on any atom is -0.265 e. The monoisotopic (exact) mass is 463 g/mol. The van der Waals surface area contributed by atoms with Crippen molar-refractivity contribution in [3.63, 3.8) is 0 Å². The Hall–Kier alpha value is -4.14. The smallest absolute Gasteiger partial charge is 0.0273 e. The van der Waals surface area contributed by atoms with Crippen molar-refractivity contribution in [3.05, 3.63) is 122 Å². The van der Waals surface area contributed by atoms with E-state index in [1.165, 1.54) is 65.3 Å².